The van der Waals surface area contributed by atoms with Crippen LogP contribution in [-0.4, -0.2) is 188 Å². The summed E-state index contributed by atoms with van der Waals surface area (Å²) in [7, 11) is 2.67. The Hall–Kier alpha value is -7.33. The van der Waals surface area contributed by atoms with Crippen LogP contribution in [0.1, 0.15) is 158 Å². The lowest BCUT2D eigenvalue weighted by Crippen LogP contribution is -2.45. The van der Waals surface area contributed by atoms with Gasteiger partial charge in [-0.15, -0.1) is 0 Å². The van der Waals surface area contributed by atoms with Gasteiger partial charge >= 0.3 is 11.9 Å². The summed E-state index contributed by atoms with van der Waals surface area (Å²) >= 11 is 3.36. The summed E-state index contributed by atoms with van der Waals surface area (Å²) in [4.78, 5) is 130. The van der Waals surface area contributed by atoms with Crippen molar-refractivity contribution in [3.63, 3.8) is 0 Å². The van der Waals surface area contributed by atoms with E-state index < -0.39 is 41.2 Å². The number of carbonyl (C=O) groups is 9. The van der Waals surface area contributed by atoms with E-state index in [4.69, 9.17) is 23.7 Å². The van der Waals surface area contributed by atoms with Crippen LogP contribution in [0, 0.1) is 19.3 Å². The van der Waals surface area contributed by atoms with Crippen LogP contribution >= 0.6 is 15.9 Å². The van der Waals surface area contributed by atoms with E-state index in [9.17, 15) is 43.2 Å². The molecule has 0 spiro atoms. The standard InChI is InChI=1S/C66H96BrN11O15/c1-46-23-27-55(67)74-63(46)75-64(86)54-38-66(4,45-77(54)60(84)41-78-53-26-24-49(50-39-70-48(3)71-40-50)37-51(53)62(76-78)47(2)79)44-72-59(83)43-93-36-34-91-32-30-69-58(82)42-92-35-33-90-31-29-68-56(80)28-25-52(65(87)89-6)73-57(81)21-19-17-15-13-11-9-7-8-10-12-14-16-18-20-22-61(85)88-5/h23-24,26-27,37,39-40,52,54H,7-22,25,28-36,38,41-45H2,1-6H3,(H,68,80)(H,69,82)(H,72,83)(H,73,81)(H,74,75,86)/t52-,54-,66+/m0/s1. The fourth-order valence-corrected chi connectivity index (χ4v) is 10.9. The molecule has 1 saturated heterocycles. The van der Waals surface area contributed by atoms with Crippen LogP contribution in [0.4, 0.5) is 5.82 Å². The highest BCUT2D eigenvalue weighted by molar-refractivity contribution is 9.10. The number of hydrogen-bond acceptors (Lipinski definition) is 19. The highest BCUT2D eigenvalue weighted by atomic mass is 79.9. The zero-order valence-corrected chi connectivity index (χ0v) is 56.6. The largest absolute Gasteiger partial charge is 0.469 e. The molecule has 3 atom stereocenters. The number of likely N-dealkylation sites (tertiary alicyclic amines) is 1. The summed E-state index contributed by atoms with van der Waals surface area (Å²) in [6.07, 6.45) is 20.0. The van der Waals surface area contributed by atoms with Gasteiger partial charge in [-0.05, 0) is 84.8 Å². The normalized spacial score (nSPS) is 14.7. The molecule has 93 heavy (non-hydrogen) atoms. The summed E-state index contributed by atoms with van der Waals surface area (Å²) in [5.41, 5.74) is 2.23. The Balaban J connectivity index is 0.881. The van der Waals surface area contributed by atoms with Gasteiger partial charge in [0.15, 0.2) is 5.78 Å². The molecule has 1 aliphatic heterocycles. The topological polar surface area (TPSA) is 329 Å². The molecule has 0 saturated carbocycles. The summed E-state index contributed by atoms with van der Waals surface area (Å²) in [5.74, 6) is -2.27. The number of pyridine rings is 1. The Labute approximate surface area is 553 Å². The van der Waals surface area contributed by atoms with Gasteiger partial charge in [-0.3, -0.25) is 43.0 Å². The highest BCUT2D eigenvalue weighted by Gasteiger charge is 2.46. The summed E-state index contributed by atoms with van der Waals surface area (Å²) in [6.45, 7) is 7.73. The Bertz CT molecular complexity index is 3060. The molecule has 27 heteroatoms. The lowest BCUT2D eigenvalue weighted by atomic mass is 9.87. The average Bonchev–Trinajstić information content (AvgIpc) is 1.65. The quantitative estimate of drug-likeness (QED) is 0.0129. The molecule has 512 valence electrons. The van der Waals surface area contributed by atoms with Crippen LogP contribution in [0.3, 0.4) is 0 Å². The Kier molecular flexibility index (Phi) is 34.6. The van der Waals surface area contributed by atoms with E-state index in [1.807, 2.05) is 19.1 Å². The summed E-state index contributed by atoms with van der Waals surface area (Å²) < 4.78 is 33.5. The summed E-state index contributed by atoms with van der Waals surface area (Å²) in [6, 6.07) is 7.13. The van der Waals surface area contributed by atoms with Crippen molar-refractivity contribution >= 4 is 85.8 Å². The number of aromatic nitrogens is 5. The molecule has 0 bridgehead atoms. The number of rotatable bonds is 46. The van der Waals surface area contributed by atoms with Gasteiger partial charge in [-0.1, -0.05) is 96.1 Å². The second kappa shape index (κ2) is 42.1. The fourth-order valence-electron chi connectivity index (χ4n) is 10.6. The van der Waals surface area contributed by atoms with Crippen molar-refractivity contribution in [3.8, 4) is 11.1 Å². The zero-order valence-electron chi connectivity index (χ0n) is 55.0. The van der Waals surface area contributed by atoms with Crippen LogP contribution in [0.15, 0.2) is 47.3 Å². The van der Waals surface area contributed by atoms with Gasteiger partial charge in [0.1, 0.15) is 53.8 Å². The van der Waals surface area contributed by atoms with Crippen LogP contribution in [-0.2, 0) is 73.3 Å². The molecular formula is C66H96BrN11O15. The smallest absolute Gasteiger partial charge is 0.328 e. The third-order valence-corrected chi connectivity index (χ3v) is 16.3. The third-order valence-electron chi connectivity index (χ3n) is 15.8. The van der Waals surface area contributed by atoms with E-state index in [0.29, 0.717) is 40.0 Å². The van der Waals surface area contributed by atoms with Gasteiger partial charge in [0, 0.05) is 81.1 Å². The molecule has 1 fully saturated rings. The summed E-state index contributed by atoms with van der Waals surface area (Å²) in [5, 5.41) is 19.0. The van der Waals surface area contributed by atoms with Crippen molar-refractivity contribution in [2.24, 2.45) is 5.41 Å². The predicted octanol–water partition coefficient (Wildman–Crippen LogP) is 6.98. The van der Waals surface area contributed by atoms with Crippen molar-refractivity contribution in [1.82, 2.24) is 50.9 Å². The molecule has 0 aliphatic carbocycles. The molecule has 4 heterocycles. The van der Waals surface area contributed by atoms with Crippen LogP contribution < -0.4 is 26.6 Å². The first-order valence-electron chi connectivity index (χ1n) is 32.4. The number of ether oxygens (including phenoxy) is 6. The first-order chi connectivity index (χ1) is 44.8. The molecule has 0 radical (unpaired) electrons. The van der Waals surface area contributed by atoms with Crippen molar-refractivity contribution in [1.29, 1.82) is 0 Å². The second-order valence-electron chi connectivity index (χ2n) is 23.7. The van der Waals surface area contributed by atoms with Gasteiger partial charge < -0.3 is 59.9 Å². The van der Waals surface area contributed by atoms with Crippen LogP contribution in [0.2, 0.25) is 0 Å². The van der Waals surface area contributed by atoms with Gasteiger partial charge in [-0.2, -0.15) is 5.10 Å². The van der Waals surface area contributed by atoms with E-state index >= 15 is 0 Å². The van der Waals surface area contributed by atoms with Gasteiger partial charge in [-0.25, -0.2) is 19.7 Å². The van der Waals surface area contributed by atoms with Crippen molar-refractivity contribution in [2.75, 3.05) is 98.6 Å². The second-order valence-corrected chi connectivity index (χ2v) is 24.5. The maximum atomic E-state index is 14.4. The number of nitrogens with zero attached hydrogens (tertiary/aromatic N) is 6. The number of ketones is 1. The molecule has 26 nitrogen and oxygen atoms in total. The first-order valence-corrected chi connectivity index (χ1v) is 33.2. The number of amides is 6. The number of carbonyl (C=O) groups excluding carboxylic acids is 9. The average molecular weight is 1360 g/mol. The minimum absolute atomic E-state index is 0.00193. The number of esters is 2. The highest BCUT2D eigenvalue weighted by Crippen LogP contribution is 2.36. The van der Waals surface area contributed by atoms with Gasteiger partial charge in [0.2, 0.25) is 35.4 Å². The molecule has 5 N–H and O–H groups in total. The van der Waals surface area contributed by atoms with E-state index in [-0.39, 0.29) is 140 Å². The fraction of sp³-hybridized carbons (Fsp3) is 0.621. The van der Waals surface area contributed by atoms with Crippen molar-refractivity contribution in [2.45, 2.75) is 168 Å². The molecule has 0 unspecified atom stereocenters. The minimum atomic E-state index is -0.945. The van der Waals surface area contributed by atoms with E-state index in [1.165, 1.54) is 82.1 Å². The van der Waals surface area contributed by atoms with Crippen LogP contribution in [0.25, 0.3) is 22.0 Å². The molecule has 1 aliphatic rings. The van der Waals surface area contributed by atoms with Crippen molar-refractivity contribution < 1.29 is 71.6 Å². The van der Waals surface area contributed by atoms with E-state index in [2.05, 4.69) is 67.3 Å². The Morgan fingerprint density at radius 2 is 1.23 bits per heavy atom. The zero-order chi connectivity index (χ0) is 67.4. The number of unbranched alkanes of at least 4 members (excludes halogenated alkanes) is 13. The number of anilines is 1. The molecule has 1 aromatic carbocycles. The molecular weight excluding hydrogens is 1270 g/mol. The third kappa shape index (κ3) is 28.4. The maximum absolute atomic E-state index is 14.4. The van der Waals surface area contributed by atoms with E-state index in [0.717, 1.165) is 55.2 Å². The molecule has 6 amide bonds. The maximum Gasteiger partial charge on any atom is 0.328 e. The van der Waals surface area contributed by atoms with Crippen molar-refractivity contribution in [3.05, 3.63) is 64.4 Å². The van der Waals surface area contributed by atoms with E-state index in [1.54, 1.807) is 44.4 Å². The Morgan fingerprint density at radius 1 is 0.656 bits per heavy atom. The Morgan fingerprint density at radius 3 is 1.82 bits per heavy atom. The predicted molar refractivity (Wildman–Crippen MR) is 350 cm³/mol. The minimum Gasteiger partial charge on any atom is -0.469 e. The van der Waals surface area contributed by atoms with Gasteiger partial charge in [0.05, 0.1) is 59.4 Å². The number of benzene rings is 1. The molecule has 3 aromatic heterocycles. The number of nitrogens with one attached hydrogen (secondary N) is 5. The SMILES string of the molecule is COC(=O)CCCCCCCCCCCCCCCCC(=O)N[C@@H](CCC(=O)NCCOCCOCC(=O)NCCOCCOCC(=O)NC[C@@]1(C)C[C@@H](C(=O)Nc2nc(Br)ccc2C)N(C(=O)Cn2nc(C(C)=O)c3cc(-c4cnc(C)nc4)ccc32)C1)C(=O)OC. The number of hydrogen-bond donors (Lipinski definition) is 5. The molecule has 4 aromatic rings. The van der Waals surface area contributed by atoms with Crippen LogP contribution in [0.5, 0.6) is 0 Å². The number of Topliss-reactive ketones (excluding diaryl/α,β-unsaturated/α-hetero) is 1. The number of halogens is 1. The first kappa shape index (κ1) is 76.4. The lowest BCUT2D eigenvalue weighted by Gasteiger charge is -2.25. The lowest BCUT2D eigenvalue weighted by molar-refractivity contribution is -0.145. The number of fused-ring (bicyclic) bond motifs is 1. The number of methoxy groups -OCH3 is 2. The van der Waals surface area contributed by atoms with Gasteiger partial charge in [0.25, 0.3) is 0 Å². The monoisotopic (exact) mass is 1360 g/mol. The number of aryl methyl sites for hydroxylation is 2. The molecule has 5 rings (SSSR count).